The number of hydrogen-bond donors (Lipinski definition) is 0. The van der Waals surface area contributed by atoms with E-state index >= 15 is 0 Å². The van der Waals surface area contributed by atoms with Crippen LogP contribution in [0.1, 0.15) is 26.7 Å². The zero-order valence-corrected chi connectivity index (χ0v) is 7.85. The van der Waals surface area contributed by atoms with Crippen molar-refractivity contribution in [1.29, 1.82) is 0 Å². The maximum Gasteiger partial charge on any atom is 0.334 e. The molecule has 0 saturated carbocycles. The predicted octanol–water partition coefficient (Wildman–Crippen LogP) is 1.23. The Morgan fingerprint density at radius 1 is 1.31 bits per heavy atom. The van der Waals surface area contributed by atoms with Crippen molar-refractivity contribution in [3.63, 3.8) is 0 Å². The van der Waals surface area contributed by atoms with E-state index in [2.05, 4.69) is 0 Å². The number of carbonyl (C=O) groups excluding carboxylic acids is 2. The minimum Gasteiger partial charge on any atom is -0.458 e. The Kier molecular flexibility index (Phi) is 1.59. The Balaban J connectivity index is 2.47. The fourth-order valence-corrected chi connectivity index (χ4v) is 2.22. The van der Waals surface area contributed by atoms with Crippen LogP contribution in [-0.4, -0.2) is 18.4 Å². The van der Waals surface area contributed by atoms with E-state index in [0.717, 1.165) is 11.1 Å². The number of ketones is 1. The molecule has 0 radical (unpaired) electrons. The van der Waals surface area contributed by atoms with Crippen molar-refractivity contribution in [2.45, 2.75) is 26.7 Å². The average molecular weight is 180 g/mol. The highest BCUT2D eigenvalue weighted by molar-refractivity contribution is 5.98. The molecule has 0 unspecified atom stereocenters. The summed E-state index contributed by atoms with van der Waals surface area (Å²) in [6.07, 6.45) is 0.867. The molecule has 0 atom stereocenters. The first kappa shape index (κ1) is 8.48. The van der Waals surface area contributed by atoms with E-state index in [0.29, 0.717) is 19.4 Å². The molecule has 2 aliphatic rings. The van der Waals surface area contributed by atoms with Gasteiger partial charge in [-0.1, -0.05) is 13.8 Å². The van der Waals surface area contributed by atoms with E-state index in [9.17, 15) is 9.59 Å². The number of esters is 1. The van der Waals surface area contributed by atoms with Gasteiger partial charge in [-0.2, -0.15) is 0 Å². The van der Waals surface area contributed by atoms with Crippen LogP contribution in [-0.2, 0) is 14.3 Å². The lowest BCUT2D eigenvalue weighted by Gasteiger charge is -2.28. The minimum absolute atomic E-state index is 0.210. The van der Waals surface area contributed by atoms with Gasteiger partial charge in [0.1, 0.15) is 12.4 Å². The van der Waals surface area contributed by atoms with E-state index in [1.807, 2.05) is 13.8 Å². The third-order valence-corrected chi connectivity index (χ3v) is 2.66. The maximum absolute atomic E-state index is 11.3. The molecule has 1 heterocycles. The Bertz CT molecular complexity index is 323. The zero-order valence-electron chi connectivity index (χ0n) is 7.85. The summed E-state index contributed by atoms with van der Waals surface area (Å²) in [6.45, 7) is 4.17. The fourth-order valence-electron chi connectivity index (χ4n) is 2.22. The molecule has 70 valence electrons. The molecule has 0 N–H and O–H groups in total. The topological polar surface area (TPSA) is 43.4 Å². The Hall–Kier alpha value is -1.12. The van der Waals surface area contributed by atoms with Crippen LogP contribution in [0.15, 0.2) is 11.1 Å². The number of ether oxygens (including phenoxy) is 1. The predicted molar refractivity (Wildman–Crippen MR) is 46.0 cm³/mol. The molecule has 0 aromatic rings. The summed E-state index contributed by atoms with van der Waals surface area (Å²) in [6, 6.07) is 0. The van der Waals surface area contributed by atoms with Crippen molar-refractivity contribution in [2.75, 3.05) is 6.61 Å². The van der Waals surface area contributed by atoms with E-state index in [1.165, 1.54) is 0 Å². The van der Waals surface area contributed by atoms with Crippen molar-refractivity contribution in [2.24, 2.45) is 5.41 Å². The van der Waals surface area contributed by atoms with Crippen molar-refractivity contribution in [3.05, 3.63) is 11.1 Å². The van der Waals surface area contributed by atoms with Crippen molar-refractivity contribution in [3.8, 4) is 0 Å². The third-order valence-electron chi connectivity index (χ3n) is 2.66. The molecule has 1 aliphatic heterocycles. The normalized spacial score (nSPS) is 26.0. The quantitative estimate of drug-likeness (QED) is 0.526. The van der Waals surface area contributed by atoms with Gasteiger partial charge in [-0.15, -0.1) is 0 Å². The highest BCUT2D eigenvalue weighted by atomic mass is 16.5. The average Bonchev–Trinajstić information content (AvgIpc) is 2.29. The standard InChI is InChI=1S/C10H12O3/c1-10(2)4-7(11)3-6-5-13-9(12)8(6)10/h3-5H2,1-2H3. The molecule has 3 nitrogen and oxygen atoms in total. The van der Waals surface area contributed by atoms with Crippen LogP contribution in [0, 0.1) is 5.41 Å². The van der Waals surface area contributed by atoms with Gasteiger partial charge in [-0.25, -0.2) is 4.79 Å². The van der Waals surface area contributed by atoms with Crippen LogP contribution in [0.2, 0.25) is 0 Å². The highest BCUT2D eigenvalue weighted by Gasteiger charge is 2.42. The van der Waals surface area contributed by atoms with Gasteiger partial charge in [0, 0.05) is 23.8 Å². The van der Waals surface area contributed by atoms with E-state index in [-0.39, 0.29) is 17.2 Å². The van der Waals surface area contributed by atoms with Crippen LogP contribution in [0.5, 0.6) is 0 Å². The second kappa shape index (κ2) is 2.44. The molecule has 0 spiro atoms. The first-order chi connectivity index (χ1) is 6.00. The second-order valence-corrected chi connectivity index (χ2v) is 4.33. The summed E-state index contributed by atoms with van der Waals surface area (Å²) in [4.78, 5) is 22.7. The molecule has 1 aliphatic carbocycles. The lowest BCUT2D eigenvalue weighted by Crippen LogP contribution is -2.28. The molecule has 0 aromatic heterocycles. The molecule has 0 amide bonds. The smallest absolute Gasteiger partial charge is 0.334 e. The summed E-state index contributed by atoms with van der Waals surface area (Å²) >= 11 is 0. The number of carbonyl (C=O) groups is 2. The highest BCUT2D eigenvalue weighted by Crippen LogP contribution is 2.41. The van der Waals surface area contributed by atoms with Gasteiger partial charge in [0.05, 0.1) is 0 Å². The first-order valence-corrected chi connectivity index (χ1v) is 4.42. The molecule has 0 saturated heterocycles. The fraction of sp³-hybridized carbons (Fsp3) is 0.600. The largest absolute Gasteiger partial charge is 0.458 e. The maximum atomic E-state index is 11.3. The van der Waals surface area contributed by atoms with Gasteiger partial charge in [-0.05, 0) is 5.57 Å². The molecule has 3 heteroatoms. The van der Waals surface area contributed by atoms with Gasteiger partial charge >= 0.3 is 5.97 Å². The minimum atomic E-state index is -0.321. The van der Waals surface area contributed by atoms with Gasteiger partial charge in [0.15, 0.2) is 0 Å². The van der Waals surface area contributed by atoms with Crippen LogP contribution < -0.4 is 0 Å². The van der Waals surface area contributed by atoms with Gasteiger partial charge < -0.3 is 4.74 Å². The van der Waals surface area contributed by atoms with Gasteiger partial charge in [0.2, 0.25) is 0 Å². The van der Waals surface area contributed by atoms with Gasteiger partial charge in [-0.3, -0.25) is 4.79 Å². The van der Waals surface area contributed by atoms with Crippen LogP contribution in [0.4, 0.5) is 0 Å². The Labute approximate surface area is 76.8 Å². The van der Waals surface area contributed by atoms with Crippen molar-refractivity contribution >= 4 is 11.8 Å². The number of Topliss-reactive ketones (excluding diaryl/α,β-unsaturated/α-hetero) is 1. The van der Waals surface area contributed by atoms with Crippen LogP contribution in [0.3, 0.4) is 0 Å². The summed E-state index contributed by atoms with van der Waals surface area (Å²) < 4.78 is 4.92. The molecule has 2 rings (SSSR count). The lowest BCUT2D eigenvalue weighted by molar-refractivity contribution is -0.136. The van der Waals surface area contributed by atoms with Crippen LogP contribution in [0.25, 0.3) is 0 Å². The summed E-state index contributed by atoms with van der Waals surface area (Å²) in [5, 5.41) is 0. The Morgan fingerprint density at radius 3 is 2.69 bits per heavy atom. The molecular weight excluding hydrogens is 168 g/mol. The number of hydrogen-bond acceptors (Lipinski definition) is 3. The number of rotatable bonds is 0. The zero-order chi connectivity index (χ0) is 9.64. The summed E-state index contributed by atoms with van der Waals surface area (Å²) in [5.41, 5.74) is 1.32. The third kappa shape index (κ3) is 1.19. The SMILES string of the molecule is CC1(C)CC(=O)CC2=C1C(=O)OC2. The van der Waals surface area contributed by atoms with Crippen molar-refractivity contribution < 1.29 is 14.3 Å². The molecule has 0 aromatic carbocycles. The Morgan fingerprint density at radius 2 is 2.00 bits per heavy atom. The van der Waals surface area contributed by atoms with Crippen molar-refractivity contribution in [1.82, 2.24) is 0 Å². The van der Waals surface area contributed by atoms with Crippen LogP contribution >= 0.6 is 0 Å². The summed E-state index contributed by atoms with van der Waals surface area (Å²) in [5.74, 6) is -0.0189. The van der Waals surface area contributed by atoms with E-state index < -0.39 is 0 Å². The summed E-state index contributed by atoms with van der Waals surface area (Å²) in [7, 11) is 0. The molecular formula is C10H12O3. The lowest BCUT2D eigenvalue weighted by atomic mass is 9.73. The first-order valence-electron chi connectivity index (χ1n) is 4.42. The van der Waals surface area contributed by atoms with Gasteiger partial charge in [0.25, 0.3) is 0 Å². The molecule has 0 fully saturated rings. The van der Waals surface area contributed by atoms with E-state index in [4.69, 9.17) is 4.74 Å². The molecule has 13 heavy (non-hydrogen) atoms. The van der Waals surface area contributed by atoms with E-state index in [1.54, 1.807) is 0 Å². The molecule has 0 bridgehead atoms. The monoisotopic (exact) mass is 180 g/mol. The number of cyclic esters (lactones) is 1. The second-order valence-electron chi connectivity index (χ2n) is 4.33.